The van der Waals surface area contributed by atoms with E-state index in [0.29, 0.717) is 12.2 Å². The first-order valence-corrected chi connectivity index (χ1v) is 10.1. The molecule has 0 amide bonds. The third-order valence-electron chi connectivity index (χ3n) is 4.62. The summed E-state index contributed by atoms with van der Waals surface area (Å²) in [5.41, 5.74) is 9.15. The van der Waals surface area contributed by atoms with Crippen LogP contribution < -0.4 is 10.6 Å². The molecule has 0 spiro atoms. The Labute approximate surface area is 169 Å². The topological polar surface area (TPSA) is 77.2 Å². The van der Waals surface area contributed by atoms with Gasteiger partial charge in [0.25, 0.3) is 0 Å². The third kappa shape index (κ3) is 4.61. The Hall–Kier alpha value is -2.64. The van der Waals surface area contributed by atoms with Crippen molar-refractivity contribution in [2.45, 2.75) is 23.3 Å². The van der Waals surface area contributed by atoms with Crippen LogP contribution in [0, 0.1) is 6.92 Å². The number of aryl methyl sites for hydroxylation is 1. The fraction of sp³-hybridized carbons (Fsp3) is 0.286. The Morgan fingerprint density at radius 2 is 1.82 bits per heavy atom. The quantitative estimate of drug-likeness (QED) is 0.666. The van der Waals surface area contributed by atoms with Gasteiger partial charge in [-0.05, 0) is 42.3 Å². The standard InChI is InChI=1S/C21H23N5OS/c1-15-13-24-20(25-21(15)28-18-6-7-19(22)23-14-18)12-16-2-4-17(5-3-16)26-8-10-27-11-9-26/h2-7,13-14H,8-12H2,1H3,(H2,22,23). The first kappa shape index (κ1) is 18.7. The fourth-order valence-electron chi connectivity index (χ4n) is 3.04. The summed E-state index contributed by atoms with van der Waals surface area (Å²) in [6, 6.07) is 12.4. The van der Waals surface area contributed by atoms with Gasteiger partial charge >= 0.3 is 0 Å². The molecule has 1 saturated heterocycles. The molecule has 1 aliphatic heterocycles. The van der Waals surface area contributed by atoms with Crippen molar-refractivity contribution in [3.05, 3.63) is 65.7 Å². The molecule has 0 aliphatic carbocycles. The van der Waals surface area contributed by atoms with E-state index < -0.39 is 0 Å². The van der Waals surface area contributed by atoms with Crippen LogP contribution in [0.2, 0.25) is 0 Å². The first-order chi connectivity index (χ1) is 13.7. The zero-order valence-electron chi connectivity index (χ0n) is 15.8. The molecule has 1 aliphatic rings. The highest BCUT2D eigenvalue weighted by Crippen LogP contribution is 2.28. The van der Waals surface area contributed by atoms with Gasteiger partial charge in [-0.15, -0.1) is 0 Å². The summed E-state index contributed by atoms with van der Waals surface area (Å²) < 4.78 is 5.42. The SMILES string of the molecule is Cc1cnc(Cc2ccc(N3CCOCC3)cc2)nc1Sc1ccc(N)nc1. The Morgan fingerprint density at radius 3 is 2.54 bits per heavy atom. The number of ether oxygens (including phenoxy) is 1. The number of hydrogen-bond donors (Lipinski definition) is 1. The van der Waals surface area contributed by atoms with Crippen LogP contribution in [0.3, 0.4) is 0 Å². The highest BCUT2D eigenvalue weighted by molar-refractivity contribution is 7.99. The van der Waals surface area contributed by atoms with Crippen molar-refractivity contribution in [3.8, 4) is 0 Å². The molecule has 28 heavy (non-hydrogen) atoms. The summed E-state index contributed by atoms with van der Waals surface area (Å²) in [6.45, 7) is 5.50. The van der Waals surface area contributed by atoms with Crippen molar-refractivity contribution >= 4 is 23.3 Å². The maximum atomic E-state index is 5.66. The minimum Gasteiger partial charge on any atom is -0.384 e. The van der Waals surface area contributed by atoms with E-state index in [0.717, 1.165) is 47.6 Å². The van der Waals surface area contributed by atoms with Gasteiger partial charge in [0.1, 0.15) is 16.7 Å². The van der Waals surface area contributed by atoms with Gasteiger partial charge in [-0.2, -0.15) is 0 Å². The van der Waals surface area contributed by atoms with E-state index in [9.17, 15) is 0 Å². The number of anilines is 2. The van der Waals surface area contributed by atoms with Crippen molar-refractivity contribution < 1.29 is 4.74 Å². The van der Waals surface area contributed by atoms with Crippen LogP contribution in [-0.4, -0.2) is 41.3 Å². The fourth-order valence-corrected chi connectivity index (χ4v) is 3.87. The van der Waals surface area contributed by atoms with Gasteiger partial charge in [-0.1, -0.05) is 23.9 Å². The van der Waals surface area contributed by atoms with Gasteiger partial charge in [-0.25, -0.2) is 15.0 Å². The second-order valence-corrected chi connectivity index (χ2v) is 7.80. The van der Waals surface area contributed by atoms with Gasteiger partial charge in [0.2, 0.25) is 0 Å². The largest absolute Gasteiger partial charge is 0.384 e. The predicted octanol–water partition coefficient (Wildman–Crippen LogP) is 3.34. The van der Waals surface area contributed by atoms with Gasteiger partial charge in [0.05, 0.1) is 13.2 Å². The zero-order valence-corrected chi connectivity index (χ0v) is 16.7. The molecule has 0 atom stereocenters. The highest BCUT2D eigenvalue weighted by atomic mass is 32.2. The summed E-state index contributed by atoms with van der Waals surface area (Å²) in [7, 11) is 0. The molecule has 144 valence electrons. The number of pyridine rings is 1. The summed E-state index contributed by atoms with van der Waals surface area (Å²) in [5.74, 6) is 1.33. The molecule has 0 saturated carbocycles. The van der Waals surface area contributed by atoms with Crippen molar-refractivity contribution in [2.75, 3.05) is 36.9 Å². The van der Waals surface area contributed by atoms with Gasteiger partial charge in [0.15, 0.2) is 0 Å². The van der Waals surface area contributed by atoms with Crippen LogP contribution in [-0.2, 0) is 11.2 Å². The van der Waals surface area contributed by atoms with Crippen molar-refractivity contribution in [1.29, 1.82) is 0 Å². The smallest absolute Gasteiger partial charge is 0.133 e. The van der Waals surface area contributed by atoms with E-state index in [1.54, 1.807) is 24.0 Å². The predicted molar refractivity (Wildman–Crippen MR) is 112 cm³/mol. The zero-order chi connectivity index (χ0) is 19.3. The molecule has 0 bridgehead atoms. The van der Waals surface area contributed by atoms with E-state index in [-0.39, 0.29) is 0 Å². The van der Waals surface area contributed by atoms with Crippen LogP contribution in [0.1, 0.15) is 17.0 Å². The van der Waals surface area contributed by atoms with Crippen LogP contribution in [0.5, 0.6) is 0 Å². The second kappa shape index (κ2) is 8.58. The molecule has 2 aromatic heterocycles. The number of hydrogen-bond acceptors (Lipinski definition) is 7. The molecular weight excluding hydrogens is 370 g/mol. The maximum absolute atomic E-state index is 5.66. The van der Waals surface area contributed by atoms with Crippen molar-refractivity contribution in [1.82, 2.24) is 15.0 Å². The highest BCUT2D eigenvalue weighted by Gasteiger charge is 2.12. The minimum absolute atomic E-state index is 0.518. The molecule has 6 nitrogen and oxygen atoms in total. The van der Waals surface area contributed by atoms with E-state index in [1.165, 1.54) is 11.3 Å². The molecular formula is C21H23N5OS. The number of nitrogens with two attached hydrogens (primary N) is 1. The lowest BCUT2D eigenvalue weighted by molar-refractivity contribution is 0.122. The molecule has 1 fully saturated rings. The van der Waals surface area contributed by atoms with Crippen LogP contribution in [0.15, 0.2) is 58.7 Å². The average Bonchev–Trinajstić information content (AvgIpc) is 2.73. The Kier molecular flexibility index (Phi) is 5.73. The second-order valence-electron chi connectivity index (χ2n) is 6.74. The van der Waals surface area contributed by atoms with E-state index in [4.69, 9.17) is 15.5 Å². The van der Waals surface area contributed by atoms with Crippen LogP contribution >= 0.6 is 11.8 Å². The number of benzene rings is 1. The molecule has 2 N–H and O–H groups in total. The van der Waals surface area contributed by atoms with E-state index >= 15 is 0 Å². The van der Waals surface area contributed by atoms with E-state index in [2.05, 4.69) is 39.1 Å². The van der Waals surface area contributed by atoms with E-state index in [1.807, 2.05) is 19.2 Å². The molecule has 1 aromatic carbocycles. The number of rotatable bonds is 5. The maximum Gasteiger partial charge on any atom is 0.133 e. The lowest BCUT2D eigenvalue weighted by atomic mass is 10.1. The summed E-state index contributed by atoms with van der Waals surface area (Å²) >= 11 is 1.58. The normalized spacial score (nSPS) is 14.2. The monoisotopic (exact) mass is 393 g/mol. The number of morpholine rings is 1. The van der Waals surface area contributed by atoms with Crippen molar-refractivity contribution in [2.24, 2.45) is 0 Å². The van der Waals surface area contributed by atoms with Gasteiger partial charge in [-0.3, -0.25) is 0 Å². The van der Waals surface area contributed by atoms with Crippen LogP contribution in [0.25, 0.3) is 0 Å². The molecule has 3 heterocycles. The molecule has 3 aromatic rings. The Morgan fingerprint density at radius 1 is 1.04 bits per heavy atom. The lowest BCUT2D eigenvalue weighted by Gasteiger charge is -2.28. The summed E-state index contributed by atoms with van der Waals surface area (Å²) in [6.07, 6.45) is 4.36. The number of aromatic nitrogens is 3. The van der Waals surface area contributed by atoms with Crippen molar-refractivity contribution in [3.63, 3.8) is 0 Å². The molecule has 7 heteroatoms. The van der Waals surface area contributed by atoms with Gasteiger partial charge < -0.3 is 15.4 Å². The molecule has 0 radical (unpaired) electrons. The Balaban J connectivity index is 1.46. The number of nitrogens with zero attached hydrogens (tertiary/aromatic N) is 4. The molecule has 0 unspecified atom stereocenters. The van der Waals surface area contributed by atoms with Crippen LogP contribution in [0.4, 0.5) is 11.5 Å². The van der Waals surface area contributed by atoms with Gasteiger partial charge in [0, 0.05) is 42.5 Å². The number of nitrogen functional groups attached to an aromatic ring is 1. The summed E-state index contributed by atoms with van der Waals surface area (Å²) in [5, 5.41) is 0.946. The Bertz CT molecular complexity index is 925. The summed E-state index contributed by atoms with van der Waals surface area (Å²) in [4.78, 5) is 16.8. The molecule has 4 rings (SSSR count). The average molecular weight is 394 g/mol. The minimum atomic E-state index is 0.518. The first-order valence-electron chi connectivity index (χ1n) is 9.31. The lowest BCUT2D eigenvalue weighted by Crippen LogP contribution is -2.36. The third-order valence-corrected chi connectivity index (χ3v) is 5.71.